The summed E-state index contributed by atoms with van der Waals surface area (Å²) in [6, 6.07) is 11.9. The minimum Gasteiger partial charge on any atom is -0.497 e. The number of amides is 2. The third kappa shape index (κ3) is 5.49. The van der Waals surface area contributed by atoms with Gasteiger partial charge >= 0.3 is 6.03 Å². The zero-order valence-corrected chi connectivity index (χ0v) is 23.9. The van der Waals surface area contributed by atoms with Crippen molar-refractivity contribution in [3.8, 4) is 17.4 Å². The van der Waals surface area contributed by atoms with E-state index in [1.807, 2.05) is 48.2 Å². The minimum absolute atomic E-state index is 0.00621. The van der Waals surface area contributed by atoms with Crippen molar-refractivity contribution in [3.63, 3.8) is 0 Å². The first-order valence-corrected chi connectivity index (χ1v) is 14.3. The molecule has 0 aliphatic carbocycles. The molecule has 4 heterocycles. The van der Waals surface area contributed by atoms with Crippen molar-refractivity contribution >= 4 is 28.9 Å². The number of piperidine rings is 1. The predicted octanol–water partition coefficient (Wildman–Crippen LogP) is 4.79. The molecule has 2 amide bonds. The molecule has 10 heteroatoms. The average Bonchev–Trinajstić information content (AvgIpc) is 3.15. The van der Waals surface area contributed by atoms with Crippen molar-refractivity contribution < 1.29 is 19.4 Å². The summed E-state index contributed by atoms with van der Waals surface area (Å²) in [5, 5.41) is 12.6. The molecule has 214 valence electrons. The molecule has 2 aromatic carbocycles. The Kier molecular flexibility index (Phi) is 7.35. The zero-order chi connectivity index (χ0) is 28.6. The number of rotatable bonds is 6. The molecule has 2 N–H and O–H groups in total. The maximum atomic E-state index is 13.1. The fourth-order valence-electron chi connectivity index (χ4n) is 6.20. The van der Waals surface area contributed by atoms with Gasteiger partial charge < -0.3 is 24.8 Å². The summed E-state index contributed by atoms with van der Waals surface area (Å²) >= 11 is 0. The van der Waals surface area contributed by atoms with Crippen LogP contribution in [0.1, 0.15) is 36.0 Å². The lowest BCUT2D eigenvalue weighted by Gasteiger charge is -2.42. The topological polar surface area (TPSA) is 109 Å². The summed E-state index contributed by atoms with van der Waals surface area (Å²) in [6.45, 7) is 4.40. The second kappa shape index (κ2) is 11.1. The SMILES string of the molecule is COc1ccc2c(c1)CCN(C1CC[N+](C)(c3cc(Oc4cc(C)c5c(c4)CCC(CO)=N5)ncn3)CC1)C(=O)N2. The molecule has 0 atom stereocenters. The summed E-state index contributed by atoms with van der Waals surface area (Å²) in [5.41, 5.74) is 5.84. The van der Waals surface area contributed by atoms with Crippen molar-refractivity contribution in [3.05, 3.63) is 59.4 Å². The van der Waals surface area contributed by atoms with E-state index in [0.29, 0.717) is 16.9 Å². The van der Waals surface area contributed by atoms with Gasteiger partial charge in [0.2, 0.25) is 11.7 Å². The number of likely N-dealkylation sites (tertiary alicyclic amines) is 1. The van der Waals surface area contributed by atoms with Crippen LogP contribution in [0.3, 0.4) is 0 Å². The van der Waals surface area contributed by atoms with E-state index in [-0.39, 0.29) is 18.7 Å². The van der Waals surface area contributed by atoms with Gasteiger partial charge in [-0.3, -0.25) is 9.48 Å². The van der Waals surface area contributed by atoms with Gasteiger partial charge in [0.05, 0.1) is 45.6 Å². The molecular weight excluding hydrogens is 520 g/mol. The van der Waals surface area contributed by atoms with Gasteiger partial charge in [0.1, 0.15) is 17.8 Å². The van der Waals surface area contributed by atoms with E-state index in [4.69, 9.17) is 9.47 Å². The van der Waals surface area contributed by atoms with Gasteiger partial charge in [-0.05, 0) is 73.2 Å². The van der Waals surface area contributed by atoms with Gasteiger partial charge in [-0.25, -0.2) is 9.78 Å². The predicted molar refractivity (Wildman–Crippen MR) is 159 cm³/mol. The number of nitrogens with zero attached hydrogens (tertiary/aromatic N) is 5. The Hall–Kier alpha value is -4.02. The van der Waals surface area contributed by atoms with Crippen LogP contribution in [0.15, 0.2) is 47.7 Å². The van der Waals surface area contributed by atoms with Crippen LogP contribution in [-0.2, 0) is 12.8 Å². The number of aromatic nitrogens is 2. The standard InChI is InChI=1S/C31H36N6O4/c1-20-14-26(16-22-4-5-23(18-38)34-30(20)22)41-29-17-28(32-19-33-29)37(2)12-9-24(10-13-37)36-11-8-21-15-25(40-3)6-7-27(21)35-31(36)39/h6-7,14-17,19,24,38H,4-5,8-13,18H2,1-3H3/p+1. The fraction of sp³-hybridized carbons (Fsp3) is 0.419. The van der Waals surface area contributed by atoms with E-state index >= 15 is 0 Å². The molecule has 41 heavy (non-hydrogen) atoms. The normalized spacial score (nSPS) is 22.1. The van der Waals surface area contributed by atoms with Crippen LogP contribution in [0, 0.1) is 6.92 Å². The Morgan fingerprint density at radius 2 is 1.85 bits per heavy atom. The number of carbonyl (C=O) groups excluding carboxylic acids is 1. The number of aliphatic imine (C=N–C) groups is 1. The highest BCUT2D eigenvalue weighted by molar-refractivity contribution is 5.91. The molecule has 10 nitrogen and oxygen atoms in total. The first-order valence-electron chi connectivity index (χ1n) is 14.3. The molecule has 3 aromatic rings. The van der Waals surface area contributed by atoms with Crippen LogP contribution < -0.4 is 19.3 Å². The number of benzene rings is 2. The van der Waals surface area contributed by atoms with Gasteiger partial charge in [-0.15, -0.1) is 0 Å². The Morgan fingerprint density at radius 3 is 2.63 bits per heavy atom. The minimum atomic E-state index is -0.0358. The smallest absolute Gasteiger partial charge is 0.322 e. The molecule has 1 fully saturated rings. The Bertz CT molecular complexity index is 1500. The average molecular weight is 558 g/mol. The maximum Gasteiger partial charge on any atom is 0.322 e. The molecule has 0 unspecified atom stereocenters. The van der Waals surface area contributed by atoms with E-state index < -0.39 is 0 Å². The number of urea groups is 1. The van der Waals surface area contributed by atoms with E-state index in [1.54, 1.807) is 13.4 Å². The molecule has 3 aliphatic rings. The van der Waals surface area contributed by atoms with Gasteiger partial charge in [-0.1, -0.05) is 0 Å². The number of hydrogen-bond acceptors (Lipinski definition) is 7. The lowest BCUT2D eigenvalue weighted by Crippen LogP contribution is -2.57. The molecule has 3 aliphatic heterocycles. The monoisotopic (exact) mass is 557 g/mol. The summed E-state index contributed by atoms with van der Waals surface area (Å²) in [7, 11) is 3.85. The molecule has 6 rings (SSSR count). The quantitative estimate of drug-likeness (QED) is 0.422. The van der Waals surface area contributed by atoms with Gasteiger partial charge in [0.15, 0.2) is 0 Å². The van der Waals surface area contributed by atoms with Crippen molar-refractivity contribution in [2.24, 2.45) is 4.99 Å². The highest BCUT2D eigenvalue weighted by Crippen LogP contribution is 2.36. The fourth-order valence-corrected chi connectivity index (χ4v) is 6.20. The van der Waals surface area contributed by atoms with Crippen molar-refractivity contribution in [1.82, 2.24) is 19.4 Å². The van der Waals surface area contributed by atoms with E-state index in [1.165, 1.54) is 0 Å². The molecular formula is C31H37N6O4+. The lowest BCUT2D eigenvalue weighted by atomic mass is 9.98. The third-order valence-electron chi connectivity index (χ3n) is 8.68. The van der Waals surface area contributed by atoms with Crippen molar-refractivity contribution in [2.75, 3.05) is 45.7 Å². The van der Waals surface area contributed by atoms with E-state index in [9.17, 15) is 9.90 Å². The van der Waals surface area contributed by atoms with Crippen molar-refractivity contribution in [1.29, 1.82) is 0 Å². The number of aryl methyl sites for hydroxylation is 2. The number of nitrogens with one attached hydrogen (secondary N) is 1. The van der Waals surface area contributed by atoms with Gasteiger partial charge in [0.25, 0.3) is 0 Å². The largest absolute Gasteiger partial charge is 0.497 e. The summed E-state index contributed by atoms with van der Waals surface area (Å²) in [4.78, 5) is 28.8. The number of quaternary nitrogens is 1. The van der Waals surface area contributed by atoms with Crippen molar-refractivity contribution in [2.45, 2.75) is 45.1 Å². The highest BCUT2D eigenvalue weighted by Gasteiger charge is 2.38. The zero-order valence-electron chi connectivity index (χ0n) is 23.9. The van der Waals surface area contributed by atoms with E-state index in [2.05, 4.69) is 27.3 Å². The van der Waals surface area contributed by atoms with E-state index in [0.717, 1.165) is 96.3 Å². The molecule has 0 radical (unpaired) electrons. The number of fused-ring (bicyclic) bond motifs is 2. The maximum absolute atomic E-state index is 13.1. The van der Waals surface area contributed by atoms with Gasteiger partial charge in [-0.2, -0.15) is 4.98 Å². The Labute approximate surface area is 240 Å². The second-order valence-corrected chi connectivity index (χ2v) is 11.4. The number of carbonyl (C=O) groups is 1. The summed E-state index contributed by atoms with van der Waals surface area (Å²) in [5.74, 6) is 2.94. The number of anilines is 1. The van der Waals surface area contributed by atoms with Crippen LogP contribution in [0.5, 0.6) is 17.4 Å². The van der Waals surface area contributed by atoms with Crippen LogP contribution in [-0.4, -0.2) is 78.2 Å². The summed E-state index contributed by atoms with van der Waals surface area (Å²) in [6.07, 6.45) is 5.69. The third-order valence-corrected chi connectivity index (χ3v) is 8.68. The van der Waals surface area contributed by atoms with Gasteiger partial charge in [0, 0.05) is 36.8 Å². The summed E-state index contributed by atoms with van der Waals surface area (Å²) < 4.78 is 12.2. The van der Waals surface area contributed by atoms with Crippen LogP contribution in [0.2, 0.25) is 0 Å². The molecule has 1 saturated heterocycles. The first-order chi connectivity index (χ1) is 19.8. The number of ether oxygens (including phenoxy) is 2. The molecule has 1 aromatic heterocycles. The molecule has 0 saturated carbocycles. The molecule has 0 spiro atoms. The Balaban J connectivity index is 1.13. The number of aliphatic hydroxyl groups is 1. The number of hydrogen-bond donors (Lipinski definition) is 2. The lowest BCUT2D eigenvalue weighted by molar-refractivity contribution is 0.141. The van der Waals surface area contributed by atoms with Crippen LogP contribution >= 0.6 is 0 Å². The highest BCUT2D eigenvalue weighted by atomic mass is 16.5. The second-order valence-electron chi connectivity index (χ2n) is 11.4. The number of methoxy groups -OCH3 is 1. The molecule has 0 bridgehead atoms. The Morgan fingerprint density at radius 1 is 1.05 bits per heavy atom. The first kappa shape index (κ1) is 27.2. The number of aliphatic hydroxyl groups excluding tert-OH is 1. The van der Waals surface area contributed by atoms with Crippen LogP contribution in [0.4, 0.5) is 22.0 Å². The van der Waals surface area contributed by atoms with Crippen LogP contribution in [0.25, 0.3) is 0 Å².